The molecule has 1 unspecified atom stereocenters. The highest BCUT2D eigenvalue weighted by Gasteiger charge is 2.46. The van der Waals surface area contributed by atoms with Crippen LogP contribution in [0.15, 0.2) is 91.0 Å². The molecule has 9 nitrogen and oxygen atoms in total. The lowest BCUT2D eigenvalue weighted by molar-refractivity contribution is -0.304. The Labute approximate surface area is 483 Å². The number of benzene rings is 3. The van der Waals surface area contributed by atoms with Crippen LogP contribution in [0.5, 0.6) is 0 Å². The van der Waals surface area contributed by atoms with E-state index < -0.39 is 54.7 Å². The van der Waals surface area contributed by atoms with Gasteiger partial charge in [-0.1, -0.05) is 188 Å². The number of ether oxygens (including phenoxy) is 5. The second-order valence-corrected chi connectivity index (χ2v) is 18.7. The normalized spacial score (nSPS) is 16.1. The molecular weight excluding hydrogens is 1010 g/mol. The van der Waals surface area contributed by atoms with Gasteiger partial charge in [0.2, 0.25) is 0 Å². The van der Waals surface area contributed by atoms with Gasteiger partial charge in [0.15, 0.2) is 6.29 Å². The Kier molecular flexibility index (Phi) is 34.9. The summed E-state index contributed by atoms with van der Waals surface area (Å²) in [5.41, 5.74) is 2.97. The summed E-state index contributed by atoms with van der Waals surface area (Å²) in [5, 5.41) is 25.9. The highest BCUT2D eigenvalue weighted by molar-refractivity contribution is 5.94. The fraction of sp³-hybridized carbons (Fsp3) is 0.403. The molecule has 9 heteroatoms. The zero-order valence-corrected chi connectivity index (χ0v) is 46.9. The van der Waals surface area contributed by atoms with Crippen molar-refractivity contribution in [2.75, 3.05) is 13.2 Å². The predicted octanol–water partition coefficient (Wildman–Crippen LogP) is 9.11. The fourth-order valence-electron chi connectivity index (χ4n) is 8.25. The number of aliphatic hydroxyl groups excluding tert-OH is 2. The van der Waals surface area contributed by atoms with Gasteiger partial charge in [0.25, 0.3) is 5.91 Å². The van der Waals surface area contributed by atoms with Crippen molar-refractivity contribution in [3.63, 3.8) is 0 Å². The first-order chi connectivity index (χ1) is 39.9. The standard InChI is InChI=1S/C72H71NO8/c1-4-6-8-10-12-14-16-18-19-20-21-22-23-24-25-26-27-28-30-32-34-36-47-55-68(75)73-65(69(76)66(74)54-46-35-33-31-29-17-15-13-11-9-7-5-2)59-80-72-61(3)70(78-57-63-50-42-38-43-51-63)71(79-58-64-52-44-39-45-53-64)67(81-72)60-77-56-62-48-40-37-41-49-62/h37-45,48-53,61,65-67,69-72,74,76H,5,7,9,11,13,15,17,29,31,33,35,46,54,56-60H2,1-3H3,(H,73,75)/t61-,65+,66-,67?,69+,70-,71-,72+/m1/s1. The zero-order chi connectivity index (χ0) is 57.5. The van der Waals surface area contributed by atoms with E-state index in [1.807, 2.05) is 97.9 Å². The highest BCUT2D eigenvalue weighted by atomic mass is 16.7. The van der Waals surface area contributed by atoms with Gasteiger partial charge in [-0.2, -0.15) is 0 Å². The second kappa shape index (κ2) is 43.5. The first-order valence-corrected chi connectivity index (χ1v) is 27.7. The number of hydrogen-bond acceptors (Lipinski definition) is 8. The number of hydrogen-bond donors (Lipinski definition) is 3. The third-order valence-electron chi connectivity index (χ3n) is 12.4. The Morgan fingerprint density at radius 3 is 1.36 bits per heavy atom. The van der Waals surface area contributed by atoms with Gasteiger partial charge >= 0.3 is 0 Å². The minimum atomic E-state index is -1.40. The van der Waals surface area contributed by atoms with Crippen LogP contribution in [0.1, 0.15) is 121 Å². The molecule has 3 N–H and O–H groups in total. The quantitative estimate of drug-likeness (QED) is 0.0466. The highest BCUT2D eigenvalue weighted by Crippen LogP contribution is 2.33. The number of nitrogens with one attached hydrogen (secondary N) is 1. The maximum atomic E-state index is 13.4. The SMILES string of the molecule is CC#CC#CC#CC#CC#CC#CC#CC#CC#CC#CC#CC#CC(=O)N[C@@H](CO[C@H]1OC(COCc2ccccc2)[C@@H](OCc2ccccc2)[C@H](OCc2ccccc2)[C@H]1C)[C@H](O)[C@H](O)CCCCCCCCCCCCCC. The van der Waals surface area contributed by atoms with Crippen molar-refractivity contribution in [2.45, 2.75) is 167 Å². The van der Waals surface area contributed by atoms with E-state index in [-0.39, 0.29) is 13.2 Å². The zero-order valence-electron chi connectivity index (χ0n) is 46.9. The predicted molar refractivity (Wildman–Crippen MR) is 319 cm³/mol. The molecule has 0 aliphatic carbocycles. The number of carbonyl (C=O) groups excluding carboxylic acids is 1. The topological polar surface area (TPSA) is 116 Å². The van der Waals surface area contributed by atoms with Gasteiger partial charge in [0, 0.05) is 47.4 Å². The number of carbonyl (C=O) groups is 1. The van der Waals surface area contributed by atoms with Crippen LogP contribution < -0.4 is 5.32 Å². The Hall–Kier alpha value is -8.43. The summed E-state index contributed by atoms with van der Waals surface area (Å²) in [5.74, 6) is 59.7. The van der Waals surface area contributed by atoms with E-state index in [0.29, 0.717) is 32.7 Å². The molecule has 1 aliphatic rings. The van der Waals surface area contributed by atoms with Crippen molar-refractivity contribution < 1.29 is 38.7 Å². The minimum Gasteiger partial charge on any atom is -0.390 e. The average molecular weight is 1080 g/mol. The third-order valence-corrected chi connectivity index (χ3v) is 12.4. The summed E-state index contributed by atoms with van der Waals surface area (Å²) in [6.45, 7) is 6.76. The van der Waals surface area contributed by atoms with Crippen LogP contribution in [0.4, 0.5) is 0 Å². The van der Waals surface area contributed by atoms with Crippen molar-refractivity contribution >= 4 is 5.91 Å². The van der Waals surface area contributed by atoms with E-state index in [1.165, 1.54) is 51.4 Å². The Balaban J connectivity index is 1.45. The van der Waals surface area contributed by atoms with Crippen LogP contribution >= 0.6 is 0 Å². The summed E-state index contributed by atoms with van der Waals surface area (Å²) in [6.07, 6.45) is 9.13. The average Bonchev–Trinajstić information content (AvgIpc) is 3.50. The summed E-state index contributed by atoms with van der Waals surface area (Å²) < 4.78 is 33.0. The van der Waals surface area contributed by atoms with Gasteiger partial charge in [-0.05, 0) is 125 Å². The van der Waals surface area contributed by atoms with Crippen LogP contribution in [-0.4, -0.2) is 72.2 Å². The van der Waals surface area contributed by atoms with Gasteiger partial charge in [-0.15, -0.1) is 0 Å². The molecule has 8 atom stereocenters. The Morgan fingerprint density at radius 1 is 0.519 bits per heavy atom. The Morgan fingerprint density at radius 2 is 0.914 bits per heavy atom. The Bertz CT molecular complexity index is 3180. The van der Waals surface area contributed by atoms with E-state index in [4.69, 9.17) is 23.7 Å². The van der Waals surface area contributed by atoms with E-state index >= 15 is 0 Å². The number of rotatable bonds is 29. The van der Waals surface area contributed by atoms with E-state index in [1.54, 1.807) is 6.92 Å². The maximum absolute atomic E-state index is 13.4. The van der Waals surface area contributed by atoms with Crippen molar-refractivity contribution in [3.05, 3.63) is 108 Å². The molecule has 1 fully saturated rings. The molecule has 1 amide bonds. The summed E-state index contributed by atoms with van der Waals surface area (Å²) >= 11 is 0. The fourth-order valence-corrected chi connectivity index (χ4v) is 8.25. The molecule has 412 valence electrons. The lowest BCUT2D eigenvalue weighted by atomic mass is 9.91. The molecule has 0 bridgehead atoms. The molecule has 3 aromatic rings. The van der Waals surface area contributed by atoms with Gasteiger partial charge in [0.1, 0.15) is 18.3 Å². The summed E-state index contributed by atoms with van der Waals surface area (Å²) in [7, 11) is 0. The molecular formula is C72H71NO8. The van der Waals surface area contributed by atoms with Crippen LogP contribution in [0.25, 0.3) is 0 Å². The number of amides is 1. The summed E-state index contributed by atoms with van der Waals surface area (Å²) in [6, 6.07) is 28.6. The van der Waals surface area contributed by atoms with Crippen LogP contribution in [0.2, 0.25) is 0 Å². The maximum Gasteiger partial charge on any atom is 0.297 e. The van der Waals surface area contributed by atoms with E-state index in [9.17, 15) is 15.0 Å². The van der Waals surface area contributed by atoms with E-state index in [0.717, 1.165) is 36.0 Å². The van der Waals surface area contributed by atoms with Crippen LogP contribution in [-0.2, 0) is 48.3 Å². The molecule has 0 spiro atoms. The molecule has 0 aromatic heterocycles. The van der Waals surface area contributed by atoms with Crippen molar-refractivity contribution in [3.8, 4) is 142 Å². The molecule has 1 aliphatic heterocycles. The molecule has 1 heterocycles. The largest absolute Gasteiger partial charge is 0.390 e. The molecule has 81 heavy (non-hydrogen) atoms. The van der Waals surface area contributed by atoms with E-state index in [2.05, 4.69) is 154 Å². The number of aliphatic hydroxyl groups is 2. The first kappa shape index (κ1) is 65.1. The minimum absolute atomic E-state index is 0.153. The lowest BCUT2D eigenvalue weighted by Crippen LogP contribution is -2.58. The number of unbranched alkanes of at least 4 members (excludes halogenated alkanes) is 11. The van der Waals surface area contributed by atoms with Crippen molar-refractivity contribution in [2.24, 2.45) is 5.92 Å². The van der Waals surface area contributed by atoms with Gasteiger partial charge in [-0.25, -0.2) is 0 Å². The van der Waals surface area contributed by atoms with Crippen molar-refractivity contribution in [1.29, 1.82) is 0 Å². The smallest absolute Gasteiger partial charge is 0.297 e. The summed E-state index contributed by atoms with van der Waals surface area (Å²) in [4.78, 5) is 13.4. The molecule has 0 saturated carbocycles. The third kappa shape index (κ3) is 29.9. The lowest BCUT2D eigenvalue weighted by Gasteiger charge is -2.45. The monoisotopic (exact) mass is 1080 g/mol. The van der Waals surface area contributed by atoms with Gasteiger partial charge < -0.3 is 39.2 Å². The molecule has 1 saturated heterocycles. The molecule has 3 aromatic carbocycles. The molecule has 4 rings (SSSR count). The van der Waals surface area contributed by atoms with Gasteiger partial charge in [0.05, 0.1) is 51.3 Å². The van der Waals surface area contributed by atoms with Crippen LogP contribution in [0, 0.1) is 148 Å². The first-order valence-electron chi connectivity index (χ1n) is 27.7. The van der Waals surface area contributed by atoms with Crippen molar-refractivity contribution in [1.82, 2.24) is 5.32 Å². The van der Waals surface area contributed by atoms with Crippen LogP contribution in [0.3, 0.4) is 0 Å². The second-order valence-electron chi connectivity index (χ2n) is 18.7. The van der Waals surface area contributed by atoms with Gasteiger partial charge in [-0.3, -0.25) is 4.79 Å². The molecule has 0 radical (unpaired) electrons.